The monoisotopic (exact) mass is 434 g/mol. The number of benzene rings is 2. The van der Waals surface area contributed by atoms with Gasteiger partial charge >= 0.3 is 0 Å². The van der Waals surface area contributed by atoms with Crippen molar-refractivity contribution in [3.05, 3.63) is 64.7 Å². The second-order valence-corrected chi connectivity index (χ2v) is 8.96. The van der Waals surface area contributed by atoms with E-state index in [0.29, 0.717) is 5.92 Å². The summed E-state index contributed by atoms with van der Waals surface area (Å²) in [7, 11) is 2.11. The number of rotatable bonds is 2. The van der Waals surface area contributed by atoms with Crippen LogP contribution in [0.1, 0.15) is 36.0 Å². The minimum atomic E-state index is 0.350. The van der Waals surface area contributed by atoms with Gasteiger partial charge in [-0.05, 0) is 55.8 Å². The largest absolute Gasteiger partial charge is 0.354 e. The molecule has 2 aromatic carbocycles. The predicted octanol–water partition coefficient (Wildman–Crippen LogP) is 4.39. The molecule has 0 atom stereocenters. The summed E-state index contributed by atoms with van der Waals surface area (Å²) < 4.78 is 7.78. The summed E-state index contributed by atoms with van der Waals surface area (Å²) in [5, 5.41) is 15.4. The van der Waals surface area contributed by atoms with Gasteiger partial charge in [-0.2, -0.15) is 0 Å². The number of anilines is 1. The van der Waals surface area contributed by atoms with Crippen molar-refractivity contribution in [2.24, 2.45) is 0 Å². The predicted molar refractivity (Wildman–Crippen MR) is 120 cm³/mol. The number of para-hydroxylation sites is 1. The number of nitrogens with zero attached hydrogens (tertiary/aromatic N) is 6. The van der Waals surface area contributed by atoms with Crippen LogP contribution in [0.25, 0.3) is 16.7 Å². The number of fused-ring (bicyclic) bond motifs is 4. The second kappa shape index (κ2) is 7.35. The number of aromatic nitrogens is 4. The highest BCUT2D eigenvalue weighted by molar-refractivity contribution is 6.30. The standard InChI is InChI=1S/C23H23ClN6O/c1-28-13-16-12-17(24)6-7-19(16)30-21(14-28)25-26-22(30)15-8-10-29(11-9-15)23-18-4-2-3-5-20(18)31-27-23/h2-7,12,15H,8-11,13-14H2,1H3. The fraction of sp³-hybridized carbons (Fsp3) is 0.348. The lowest BCUT2D eigenvalue weighted by molar-refractivity contribution is 0.315. The smallest absolute Gasteiger partial charge is 0.179 e. The summed E-state index contributed by atoms with van der Waals surface area (Å²) in [5.74, 6) is 3.33. The van der Waals surface area contributed by atoms with Gasteiger partial charge in [-0.3, -0.25) is 9.47 Å². The number of hydrogen-bond acceptors (Lipinski definition) is 6. The van der Waals surface area contributed by atoms with E-state index in [-0.39, 0.29) is 0 Å². The van der Waals surface area contributed by atoms with Crippen LogP contribution in [0.3, 0.4) is 0 Å². The van der Waals surface area contributed by atoms with Gasteiger partial charge in [-0.25, -0.2) is 0 Å². The Morgan fingerprint density at radius 1 is 1.03 bits per heavy atom. The lowest BCUT2D eigenvalue weighted by Crippen LogP contribution is -2.34. The van der Waals surface area contributed by atoms with Crippen LogP contribution in [0.15, 0.2) is 47.0 Å². The highest BCUT2D eigenvalue weighted by Crippen LogP contribution is 2.35. The Bertz CT molecular complexity index is 1260. The van der Waals surface area contributed by atoms with Gasteiger partial charge in [0, 0.05) is 30.6 Å². The quantitative estimate of drug-likeness (QED) is 0.466. The van der Waals surface area contributed by atoms with E-state index >= 15 is 0 Å². The molecule has 4 heterocycles. The van der Waals surface area contributed by atoms with Crippen molar-refractivity contribution in [2.45, 2.75) is 31.8 Å². The zero-order chi connectivity index (χ0) is 20.9. The first-order valence-corrected chi connectivity index (χ1v) is 11.1. The molecule has 1 saturated heterocycles. The molecule has 8 heteroatoms. The highest BCUT2D eigenvalue weighted by atomic mass is 35.5. The molecule has 7 nitrogen and oxygen atoms in total. The van der Waals surface area contributed by atoms with Gasteiger partial charge < -0.3 is 9.42 Å². The van der Waals surface area contributed by atoms with Crippen LogP contribution in [-0.2, 0) is 13.1 Å². The van der Waals surface area contributed by atoms with E-state index in [1.165, 1.54) is 5.56 Å². The van der Waals surface area contributed by atoms with Gasteiger partial charge in [0.15, 0.2) is 17.2 Å². The van der Waals surface area contributed by atoms with Crippen molar-refractivity contribution in [3.8, 4) is 5.69 Å². The van der Waals surface area contributed by atoms with Gasteiger partial charge in [0.1, 0.15) is 5.82 Å². The molecule has 6 rings (SSSR count). The van der Waals surface area contributed by atoms with Gasteiger partial charge in [-0.1, -0.05) is 28.9 Å². The van der Waals surface area contributed by atoms with Gasteiger partial charge in [-0.15, -0.1) is 10.2 Å². The Balaban J connectivity index is 1.30. The number of hydrogen-bond donors (Lipinski definition) is 0. The van der Waals surface area contributed by atoms with Gasteiger partial charge in [0.2, 0.25) is 0 Å². The van der Waals surface area contributed by atoms with Crippen LogP contribution in [0.4, 0.5) is 5.82 Å². The molecular weight excluding hydrogens is 412 g/mol. The van der Waals surface area contributed by atoms with Crippen molar-refractivity contribution in [1.82, 2.24) is 24.8 Å². The second-order valence-electron chi connectivity index (χ2n) is 8.52. The molecule has 0 aliphatic carbocycles. The molecule has 0 amide bonds. The lowest BCUT2D eigenvalue weighted by Gasteiger charge is -2.31. The summed E-state index contributed by atoms with van der Waals surface area (Å²) in [4.78, 5) is 4.58. The molecule has 2 aliphatic heterocycles. The van der Waals surface area contributed by atoms with E-state index < -0.39 is 0 Å². The SMILES string of the molecule is CN1Cc2cc(Cl)ccc2-n2c(nnc2C2CCN(c3noc4ccccc34)CC2)C1. The molecule has 1 fully saturated rings. The van der Waals surface area contributed by atoms with Gasteiger partial charge in [0.05, 0.1) is 17.6 Å². The zero-order valence-corrected chi connectivity index (χ0v) is 18.1. The van der Waals surface area contributed by atoms with E-state index in [9.17, 15) is 0 Å². The summed E-state index contributed by atoms with van der Waals surface area (Å²) in [6.07, 6.45) is 2.00. The Morgan fingerprint density at radius 3 is 2.74 bits per heavy atom. The average molecular weight is 435 g/mol. The van der Waals surface area contributed by atoms with Crippen LogP contribution in [0, 0.1) is 0 Å². The van der Waals surface area contributed by atoms with Crippen molar-refractivity contribution in [3.63, 3.8) is 0 Å². The summed E-state index contributed by atoms with van der Waals surface area (Å²) >= 11 is 6.30. The maximum atomic E-state index is 6.30. The molecule has 31 heavy (non-hydrogen) atoms. The summed E-state index contributed by atoms with van der Waals surface area (Å²) in [6, 6.07) is 14.2. The minimum Gasteiger partial charge on any atom is -0.354 e. The Labute approximate surface area is 185 Å². The van der Waals surface area contributed by atoms with E-state index in [1.807, 2.05) is 24.3 Å². The molecule has 0 unspecified atom stereocenters. The first-order chi connectivity index (χ1) is 15.2. The molecular formula is C23H23ClN6O. The molecule has 158 valence electrons. The van der Waals surface area contributed by atoms with Crippen molar-refractivity contribution in [2.75, 3.05) is 25.0 Å². The third-order valence-electron chi connectivity index (χ3n) is 6.41. The molecule has 4 aromatic rings. The van der Waals surface area contributed by atoms with E-state index in [4.69, 9.17) is 16.1 Å². The van der Waals surface area contributed by atoms with Crippen LogP contribution in [0.2, 0.25) is 5.02 Å². The minimum absolute atomic E-state index is 0.350. The lowest BCUT2D eigenvalue weighted by atomic mass is 9.95. The molecule has 0 spiro atoms. The maximum absolute atomic E-state index is 6.30. The van der Waals surface area contributed by atoms with Crippen molar-refractivity contribution in [1.29, 1.82) is 0 Å². The molecule has 2 aromatic heterocycles. The normalized spacial score (nSPS) is 17.5. The highest BCUT2D eigenvalue weighted by Gasteiger charge is 2.30. The third-order valence-corrected chi connectivity index (χ3v) is 6.64. The van der Waals surface area contributed by atoms with Crippen molar-refractivity contribution >= 4 is 28.4 Å². The third kappa shape index (κ3) is 3.20. The molecule has 2 aliphatic rings. The fourth-order valence-corrected chi connectivity index (χ4v) is 5.09. The Morgan fingerprint density at radius 2 is 1.87 bits per heavy atom. The van der Waals surface area contributed by atoms with Crippen LogP contribution in [-0.4, -0.2) is 45.0 Å². The van der Waals surface area contributed by atoms with E-state index in [0.717, 1.165) is 78.2 Å². The zero-order valence-electron chi connectivity index (χ0n) is 17.3. The van der Waals surface area contributed by atoms with E-state index in [1.54, 1.807) is 0 Å². The van der Waals surface area contributed by atoms with Crippen LogP contribution in [0.5, 0.6) is 0 Å². The fourth-order valence-electron chi connectivity index (χ4n) is 4.90. The van der Waals surface area contributed by atoms with Gasteiger partial charge in [0.25, 0.3) is 0 Å². The summed E-state index contributed by atoms with van der Waals surface area (Å²) in [6.45, 7) is 3.44. The first-order valence-electron chi connectivity index (χ1n) is 10.7. The topological polar surface area (TPSA) is 63.2 Å². The molecule has 0 saturated carbocycles. The Hall–Kier alpha value is -2.90. The maximum Gasteiger partial charge on any atom is 0.179 e. The molecule has 0 bridgehead atoms. The number of halogens is 1. The Kier molecular flexibility index (Phi) is 4.47. The first kappa shape index (κ1) is 18.8. The van der Waals surface area contributed by atoms with Crippen molar-refractivity contribution < 1.29 is 4.52 Å². The summed E-state index contributed by atoms with van der Waals surface area (Å²) in [5.41, 5.74) is 3.19. The van der Waals surface area contributed by atoms with E-state index in [2.05, 4.69) is 55.0 Å². The van der Waals surface area contributed by atoms with Crippen LogP contribution < -0.4 is 4.90 Å². The number of piperidine rings is 1. The van der Waals surface area contributed by atoms with Crippen LogP contribution >= 0.6 is 11.6 Å². The average Bonchev–Trinajstić information content (AvgIpc) is 3.35. The molecule has 0 N–H and O–H groups in total. The molecule has 0 radical (unpaired) electrons.